The number of halogens is 2. The average Bonchev–Trinajstić information content (AvgIpc) is 2.34. The monoisotopic (exact) mass is 303 g/mol. The summed E-state index contributed by atoms with van der Waals surface area (Å²) in [4.78, 5) is 0. The minimum absolute atomic E-state index is 0.0780. The molecule has 0 fully saturated rings. The first kappa shape index (κ1) is 14.0. The summed E-state index contributed by atoms with van der Waals surface area (Å²) in [5, 5.41) is 3.57. The van der Waals surface area contributed by atoms with Gasteiger partial charge in [0.1, 0.15) is 0 Å². The molecule has 0 saturated heterocycles. The van der Waals surface area contributed by atoms with Crippen LogP contribution in [0.25, 0.3) is 0 Å². The molecule has 3 heteroatoms. The molecule has 0 aliphatic carbocycles. The van der Waals surface area contributed by atoms with E-state index >= 15 is 0 Å². The first-order chi connectivity index (χ1) is 7.65. The van der Waals surface area contributed by atoms with Crippen LogP contribution in [0.3, 0.4) is 0 Å². The van der Waals surface area contributed by atoms with Gasteiger partial charge in [-0.3, -0.25) is 0 Å². The van der Waals surface area contributed by atoms with Crippen molar-refractivity contribution in [2.24, 2.45) is 0 Å². The van der Waals surface area contributed by atoms with Crippen molar-refractivity contribution in [3.05, 3.63) is 34.3 Å². The molecule has 0 saturated carbocycles. The highest BCUT2D eigenvalue weighted by Gasteiger charge is 2.23. The topological polar surface area (TPSA) is 12.0 Å². The molecule has 0 atom stereocenters. The molecular formula is C13H19BrClN. The zero-order valence-corrected chi connectivity index (χ0v) is 12.2. The minimum atomic E-state index is 0.0780. The Morgan fingerprint density at radius 3 is 2.19 bits per heavy atom. The van der Waals surface area contributed by atoms with Crippen LogP contribution in [0.15, 0.2) is 28.7 Å². The Hall–Kier alpha value is -0.0500. The molecule has 1 nitrogen and oxygen atoms in total. The molecule has 1 aromatic rings. The summed E-state index contributed by atoms with van der Waals surface area (Å²) in [6.07, 6.45) is 2.12. The van der Waals surface area contributed by atoms with Crippen molar-refractivity contribution in [2.45, 2.75) is 38.8 Å². The molecule has 1 rings (SSSR count). The summed E-state index contributed by atoms with van der Waals surface area (Å²) >= 11 is 9.48. The Bertz CT molecular complexity index is 298. The molecule has 16 heavy (non-hydrogen) atoms. The Kier molecular flexibility index (Phi) is 5.81. The molecular weight excluding hydrogens is 286 g/mol. The van der Waals surface area contributed by atoms with Crippen molar-refractivity contribution in [1.82, 2.24) is 5.32 Å². The predicted molar refractivity (Wildman–Crippen MR) is 75.0 cm³/mol. The second kappa shape index (κ2) is 6.63. The van der Waals surface area contributed by atoms with Crippen molar-refractivity contribution in [3.8, 4) is 0 Å². The van der Waals surface area contributed by atoms with E-state index in [1.165, 1.54) is 5.56 Å². The molecule has 0 heterocycles. The zero-order valence-electron chi connectivity index (χ0n) is 9.89. The number of hydrogen-bond acceptors (Lipinski definition) is 1. The molecule has 0 amide bonds. The molecule has 0 unspecified atom stereocenters. The highest BCUT2D eigenvalue weighted by Crippen LogP contribution is 2.18. The smallest absolute Gasteiger partial charge is 0.0405 e. The summed E-state index contributed by atoms with van der Waals surface area (Å²) in [7, 11) is 0. The van der Waals surface area contributed by atoms with Gasteiger partial charge in [0.15, 0.2) is 0 Å². The van der Waals surface area contributed by atoms with Crippen LogP contribution < -0.4 is 5.32 Å². The van der Waals surface area contributed by atoms with E-state index < -0.39 is 0 Å². The summed E-state index contributed by atoms with van der Waals surface area (Å²) in [5.74, 6) is 0.663. The highest BCUT2D eigenvalue weighted by molar-refractivity contribution is 9.10. The number of nitrogens with one attached hydrogen (secondary N) is 1. The van der Waals surface area contributed by atoms with Gasteiger partial charge in [0.05, 0.1) is 0 Å². The van der Waals surface area contributed by atoms with Gasteiger partial charge in [-0.05, 0) is 30.5 Å². The highest BCUT2D eigenvalue weighted by atomic mass is 79.9. The maximum absolute atomic E-state index is 6.05. The molecule has 0 aromatic heterocycles. The van der Waals surface area contributed by atoms with Crippen LogP contribution >= 0.6 is 27.5 Å². The number of alkyl halides is 1. The Morgan fingerprint density at radius 1 is 1.19 bits per heavy atom. The van der Waals surface area contributed by atoms with Gasteiger partial charge >= 0.3 is 0 Å². The number of rotatable bonds is 6. The lowest BCUT2D eigenvalue weighted by atomic mass is 9.95. The van der Waals surface area contributed by atoms with E-state index in [2.05, 4.69) is 59.4 Å². The van der Waals surface area contributed by atoms with Gasteiger partial charge in [0, 0.05) is 22.4 Å². The van der Waals surface area contributed by atoms with Crippen LogP contribution in [0.5, 0.6) is 0 Å². The Labute approximate surface area is 112 Å². The van der Waals surface area contributed by atoms with Crippen LogP contribution in [0.4, 0.5) is 0 Å². The number of benzene rings is 1. The molecule has 0 aliphatic rings. The largest absolute Gasteiger partial charge is 0.306 e. The lowest BCUT2D eigenvalue weighted by Crippen LogP contribution is -2.45. The summed E-state index contributed by atoms with van der Waals surface area (Å²) in [6, 6.07) is 8.39. The van der Waals surface area contributed by atoms with E-state index in [0.717, 1.165) is 23.9 Å². The molecule has 90 valence electrons. The third kappa shape index (κ3) is 3.76. The third-order valence-corrected chi connectivity index (χ3v) is 4.23. The maximum atomic E-state index is 6.05. The van der Waals surface area contributed by atoms with E-state index in [0.29, 0.717) is 5.88 Å². The van der Waals surface area contributed by atoms with Crippen LogP contribution in [-0.4, -0.2) is 11.4 Å². The first-order valence-electron chi connectivity index (χ1n) is 5.71. The van der Waals surface area contributed by atoms with Crippen LogP contribution in [0.2, 0.25) is 0 Å². The van der Waals surface area contributed by atoms with Gasteiger partial charge in [-0.2, -0.15) is 0 Å². The number of hydrogen-bond donors (Lipinski definition) is 1. The minimum Gasteiger partial charge on any atom is -0.306 e. The first-order valence-corrected chi connectivity index (χ1v) is 7.04. The van der Waals surface area contributed by atoms with Gasteiger partial charge < -0.3 is 5.32 Å². The lowest BCUT2D eigenvalue weighted by Gasteiger charge is -2.31. The summed E-state index contributed by atoms with van der Waals surface area (Å²) < 4.78 is 1.12. The van der Waals surface area contributed by atoms with Crippen molar-refractivity contribution >= 4 is 27.5 Å². The van der Waals surface area contributed by atoms with Crippen molar-refractivity contribution in [2.75, 3.05) is 5.88 Å². The molecule has 0 bridgehead atoms. The van der Waals surface area contributed by atoms with Gasteiger partial charge in [-0.15, -0.1) is 11.6 Å². The molecule has 0 radical (unpaired) electrons. The van der Waals surface area contributed by atoms with E-state index in [-0.39, 0.29) is 5.54 Å². The van der Waals surface area contributed by atoms with Crippen molar-refractivity contribution in [1.29, 1.82) is 0 Å². The van der Waals surface area contributed by atoms with Crippen LogP contribution in [0, 0.1) is 0 Å². The zero-order chi connectivity index (χ0) is 12.0. The van der Waals surface area contributed by atoms with Gasteiger partial charge in [0.25, 0.3) is 0 Å². The average molecular weight is 305 g/mol. The summed E-state index contributed by atoms with van der Waals surface area (Å²) in [6.45, 7) is 5.24. The van der Waals surface area contributed by atoms with Crippen LogP contribution in [-0.2, 0) is 6.54 Å². The quantitative estimate of drug-likeness (QED) is 0.771. The van der Waals surface area contributed by atoms with E-state index in [4.69, 9.17) is 11.6 Å². The van der Waals surface area contributed by atoms with Crippen LogP contribution in [0.1, 0.15) is 32.3 Å². The molecule has 1 aromatic carbocycles. The fraction of sp³-hybridized carbons (Fsp3) is 0.538. The second-order valence-corrected chi connectivity index (χ2v) is 5.28. The summed E-state index contributed by atoms with van der Waals surface area (Å²) in [5.41, 5.74) is 1.37. The molecule has 0 aliphatic heterocycles. The second-order valence-electron chi connectivity index (χ2n) is 4.10. The fourth-order valence-electron chi connectivity index (χ4n) is 1.63. The normalized spacial score (nSPS) is 11.8. The maximum Gasteiger partial charge on any atom is 0.0405 e. The molecule has 1 N–H and O–H groups in total. The van der Waals surface area contributed by atoms with Gasteiger partial charge in [-0.1, -0.05) is 41.9 Å². The van der Waals surface area contributed by atoms with E-state index in [1.807, 2.05) is 0 Å². The third-order valence-electron chi connectivity index (χ3n) is 3.19. The van der Waals surface area contributed by atoms with E-state index in [1.54, 1.807) is 0 Å². The van der Waals surface area contributed by atoms with Crippen molar-refractivity contribution in [3.63, 3.8) is 0 Å². The Morgan fingerprint density at radius 2 is 1.75 bits per heavy atom. The van der Waals surface area contributed by atoms with Crippen molar-refractivity contribution < 1.29 is 0 Å². The lowest BCUT2D eigenvalue weighted by molar-refractivity contribution is 0.334. The van der Waals surface area contributed by atoms with Gasteiger partial charge in [0.2, 0.25) is 0 Å². The fourth-order valence-corrected chi connectivity index (χ4v) is 2.36. The standard InChI is InChI=1S/C13H19BrClN/c1-3-13(4-2,10-15)16-9-11-5-7-12(14)8-6-11/h5-8,16H,3-4,9-10H2,1-2H3. The Balaban J connectivity index is 2.58. The predicted octanol–water partition coefficient (Wildman–Crippen LogP) is 4.34. The van der Waals surface area contributed by atoms with Gasteiger partial charge in [-0.25, -0.2) is 0 Å². The SMILES string of the molecule is CCC(CC)(CCl)NCc1ccc(Br)cc1. The molecule has 0 spiro atoms. The van der Waals surface area contributed by atoms with E-state index in [9.17, 15) is 0 Å².